The largest absolute Gasteiger partial charge is 1.00 e. The molecule has 0 bridgehead atoms. The molecule has 0 saturated heterocycles. The molecule has 0 unspecified atom stereocenters. The van der Waals surface area contributed by atoms with Crippen LogP contribution in [0.25, 0.3) is 5.57 Å². The first-order chi connectivity index (χ1) is 22.4. The second-order valence-electron chi connectivity index (χ2n) is 10.8. The van der Waals surface area contributed by atoms with Gasteiger partial charge < -0.3 is 19.5 Å². The Kier molecular flexibility index (Phi) is 14.7. The topological polar surface area (TPSA) is 139 Å². The van der Waals surface area contributed by atoms with Crippen molar-refractivity contribution >= 4 is 48.6 Å². The van der Waals surface area contributed by atoms with Gasteiger partial charge in [-0.1, -0.05) is 24.3 Å². The number of rotatable bonds is 15. The van der Waals surface area contributed by atoms with Gasteiger partial charge in [-0.25, -0.2) is 13.0 Å². The molecule has 1 aliphatic rings. The Balaban J connectivity index is 0.00000625. The maximum atomic E-state index is 11.3. The fourth-order valence-electron chi connectivity index (χ4n) is 5.25. The minimum atomic E-state index is -4.33. The van der Waals surface area contributed by atoms with Gasteiger partial charge in [0.05, 0.1) is 22.5 Å². The first kappa shape index (κ1) is 39.2. The number of benzene rings is 3. The van der Waals surface area contributed by atoms with Crippen molar-refractivity contribution in [3.63, 3.8) is 0 Å². The van der Waals surface area contributed by atoms with E-state index in [1.807, 2.05) is 127 Å². The number of allylic oxidation sites excluding steroid dienone is 5. The Morgan fingerprint density at radius 3 is 1.83 bits per heavy atom. The van der Waals surface area contributed by atoms with E-state index in [-0.39, 0.29) is 48.4 Å². The van der Waals surface area contributed by atoms with Crippen LogP contribution in [0.5, 0.6) is 5.75 Å². The van der Waals surface area contributed by atoms with E-state index in [4.69, 9.17) is 4.74 Å². The Bertz CT molecular complexity index is 1850. The van der Waals surface area contributed by atoms with Crippen LogP contribution < -0.4 is 44.5 Å². The zero-order valence-corrected chi connectivity index (χ0v) is 31.4. The molecular formula is C35H41N3NaO7S2+. The summed E-state index contributed by atoms with van der Waals surface area (Å²) in [6, 6.07) is 23.6. The van der Waals surface area contributed by atoms with E-state index in [9.17, 15) is 25.9 Å². The Morgan fingerprint density at radius 2 is 1.35 bits per heavy atom. The van der Waals surface area contributed by atoms with E-state index in [1.165, 1.54) is 0 Å². The molecule has 10 nitrogen and oxygen atoms in total. The third-order valence-electron chi connectivity index (χ3n) is 7.66. The number of hydrogen-bond donors (Lipinski definition) is 2. The summed E-state index contributed by atoms with van der Waals surface area (Å²) in [5.74, 6) is -0.0241. The Morgan fingerprint density at radius 1 is 0.812 bits per heavy atom. The van der Waals surface area contributed by atoms with Gasteiger partial charge in [-0.2, -0.15) is 8.42 Å². The number of nitrogens with zero attached hydrogens (tertiary/aromatic N) is 2. The molecule has 0 heterocycles. The molecule has 0 aromatic heterocycles. The summed E-state index contributed by atoms with van der Waals surface area (Å²) in [6.45, 7) is 7.76. The van der Waals surface area contributed by atoms with E-state index >= 15 is 0 Å². The van der Waals surface area contributed by atoms with Crippen molar-refractivity contribution in [3.05, 3.63) is 114 Å². The van der Waals surface area contributed by atoms with Gasteiger partial charge in [0, 0.05) is 42.3 Å². The Hall–Kier alpha value is -3.23. The summed E-state index contributed by atoms with van der Waals surface area (Å²) >= 11 is 0. The molecule has 0 amide bonds. The van der Waals surface area contributed by atoms with Crippen molar-refractivity contribution in [2.75, 3.05) is 54.5 Å². The Labute approximate surface area is 306 Å². The first-order valence-corrected chi connectivity index (χ1v) is 18.6. The molecule has 4 rings (SSSR count). The van der Waals surface area contributed by atoms with Gasteiger partial charge in [0.15, 0.2) is 12.3 Å². The third-order valence-corrected chi connectivity index (χ3v) is 9.04. The molecular weight excluding hydrogens is 662 g/mol. The molecule has 3 aromatic rings. The van der Waals surface area contributed by atoms with Crippen LogP contribution in [0.1, 0.15) is 31.9 Å². The van der Waals surface area contributed by atoms with Crippen LogP contribution in [0.15, 0.2) is 103 Å². The molecule has 250 valence electrons. The average molecular weight is 703 g/mol. The molecule has 0 radical (unpaired) electrons. The number of ether oxygens (including phenoxy) is 1. The number of nitrogens with one attached hydrogen (secondary N) is 1. The van der Waals surface area contributed by atoms with Crippen LogP contribution in [0, 0.1) is 0 Å². The monoisotopic (exact) mass is 702 g/mol. The van der Waals surface area contributed by atoms with Crippen molar-refractivity contribution in [2.45, 2.75) is 20.8 Å². The minimum absolute atomic E-state index is 0. The van der Waals surface area contributed by atoms with Gasteiger partial charge in [-0.05, 0) is 104 Å². The first-order valence-electron chi connectivity index (χ1n) is 15.5. The fraction of sp³-hybridized carbons (Fsp3) is 0.286. The number of anilines is 3. The summed E-state index contributed by atoms with van der Waals surface area (Å²) < 4.78 is 73.0. The van der Waals surface area contributed by atoms with E-state index in [2.05, 4.69) is 5.32 Å². The van der Waals surface area contributed by atoms with Gasteiger partial charge in [-0.3, -0.25) is 4.55 Å². The summed E-state index contributed by atoms with van der Waals surface area (Å²) in [5.41, 5.74) is 7.26. The standard InChI is InChI=1S/C35H41N3O7S2.Na/c1-4-37(23-25-46(39,40)41)32-17-9-28(10-18-32)35(29-11-19-33(20-12-29)38(5-2)24-26-47(42,43)44)27-7-13-30(14-8-27)36-31-15-21-34(22-16-31)45-6-3;/h7-22H,4-6,23-26H2,1-3H3,(H2,39,40,41,42,43,44);/q;+1. The van der Waals surface area contributed by atoms with Crippen molar-refractivity contribution < 1.29 is 64.8 Å². The van der Waals surface area contributed by atoms with E-state index in [1.54, 1.807) is 0 Å². The molecule has 0 spiro atoms. The van der Waals surface area contributed by atoms with Crippen molar-refractivity contribution in [2.24, 2.45) is 0 Å². The summed E-state index contributed by atoms with van der Waals surface area (Å²) in [6.07, 6.45) is 7.83. The van der Waals surface area contributed by atoms with E-state index < -0.39 is 26.0 Å². The average Bonchev–Trinajstić information content (AvgIpc) is 3.04. The molecule has 48 heavy (non-hydrogen) atoms. The van der Waals surface area contributed by atoms with E-state index in [0.717, 1.165) is 50.8 Å². The SMILES string of the molecule is CCOc1ccc(Nc2ccc(C(=C3C=CC(=[N+](CC)CCS(=O)(=O)O)C=C3)c3ccc(N(CC)CCS(=O)(=O)[O-])cc3)cc2)cc1.[Na+]. The maximum Gasteiger partial charge on any atom is 1.00 e. The smallest absolute Gasteiger partial charge is 0.748 e. The molecule has 3 aromatic carbocycles. The van der Waals surface area contributed by atoms with E-state index in [0.29, 0.717) is 19.7 Å². The van der Waals surface area contributed by atoms with Gasteiger partial charge in [0.2, 0.25) is 0 Å². The van der Waals surface area contributed by atoms with Gasteiger partial charge in [-0.15, -0.1) is 0 Å². The predicted octanol–water partition coefficient (Wildman–Crippen LogP) is 2.49. The van der Waals surface area contributed by atoms with Crippen LogP contribution in [0.3, 0.4) is 0 Å². The van der Waals surface area contributed by atoms with Crippen molar-refractivity contribution in [1.29, 1.82) is 0 Å². The maximum absolute atomic E-state index is 11.3. The van der Waals surface area contributed by atoms with Crippen molar-refractivity contribution in [1.82, 2.24) is 0 Å². The second-order valence-corrected chi connectivity index (χ2v) is 13.9. The fourth-order valence-corrected chi connectivity index (χ4v) is 6.15. The normalized spacial score (nSPS) is 12.8. The molecule has 13 heteroatoms. The predicted molar refractivity (Wildman–Crippen MR) is 188 cm³/mol. The van der Waals surface area contributed by atoms with Gasteiger partial charge >= 0.3 is 29.6 Å². The van der Waals surface area contributed by atoms with Crippen LogP contribution in [-0.4, -0.2) is 80.5 Å². The summed E-state index contributed by atoms with van der Waals surface area (Å²) in [4.78, 5) is 1.85. The molecule has 0 atom stereocenters. The summed E-state index contributed by atoms with van der Waals surface area (Å²) in [7, 11) is -8.42. The van der Waals surface area contributed by atoms with Gasteiger partial charge in [0.25, 0.3) is 10.1 Å². The summed E-state index contributed by atoms with van der Waals surface area (Å²) in [5, 5.41) is 3.42. The van der Waals surface area contributed by atoms with Crippen LogP contribution in [0.4, 0.5) is 17.1 Å². The second kappa shape index (κ2) is 18.0. The quantitative estimate of drug-likeness (QED) is 0.139. The molecule has 0 saturated carbocycles. The molecule has 1 aliphatic carbocycles. The van der Waals surface area contributed by atoms with Gasteiger partial charge in [0.1, 0.15) is 18.0 Å². The van der Waals surface area contributed by atoms with Crippen LogP contribution in [0.2, 0.25) is 0 Å². The molecule has 2 N–H and O–H groups in total. The zero-order valence-electron chi connectivity index (χ0n) is 27.8. The molecule has 0 aliphatic heterocycles. The van der Waals surface area contributed by atoms with Crippen molar-refractivity contribution in [3.8, 4) is 5.75 Å². The number of hydrogen-bond acceptors (Lipinski definition) is 8. The van der Waals surface area contributed by atoms with Crippen LogP contribution >= 0.6 is 0 Å². The van der Waals surface area contributed by atoms with Crippen LogP contribution in [-0.2, 0) is 20.2 Å². The minimum Gasteiger partial charge on any atom is -0.748 e. The third kappa shape index (κ3) is 11.7. The zero-order chi connectivity index (χ0) is 34.0. The molecule has 0 fully saturated rings.